The van der Waals surface area contributed by atoms with Crippen LogP contribution in [0.15, 0.2) is 36.4 Å². The lowest BCUT2D eigenvalue weighted by molar-refractivity contribution is -0.109. The van der Waals surface area contributed by atoms with E-state index in [1.807, 2.05) is 30.3 Å². The molecule has 122 valence electrons. The molecular weight excluding hydrogens is 294 g/mol. The Morgan fingerprint density at radius 1 is 1.17 bits per heavy atom. The van der Waals surface area contributed by atoms with E-state index in [9.17, 15) is 9.59 Å². The Balaban J connectivity index is 2.42. The molecule has 1 N–H and O–H groups in total. The van der Waals surface area contributed by atoms with E-state index in [0.29, 0.717) is 17.6 Å². The van der Waals surface area contributed by atoms with Crippen LogP contribution >= 0.6 is 0 Å². The van der Waals surface area contributed by atoms with Crippen molar-refractivity contribution in [3.63, 3.8) is 0 Å². The Hall–Kier alpha value is -2.56. The van der Waals surface area contributed by atoms with E-state index in [4.69, 9.17) is 9.47 Å². The van der Waals surface area contributed by atoms with Crippen molar-refractivity contribution in [2.45, 2.75) is 32.4 Å². The monoisotopic (exact) mass is 315 g/mol. The molecule has 5 heteroatoms. The van der Waals surface area contributed by atoms with Gasteiger partial charge in [-0.1, -0.05) is 30.3 Å². The number of ether oxygens (including phenoxy) is 2. The average Bonchev–Trinajstić information content (AvgIpc) is 2.50. The summed E-state index contributed by atoms with van der Waals surface area (Å²) in [6.45, 7) is 5.29. The predicted molar refractivity (Wildman–Crippen MR) is 88.7 cm³/mol. The summed E-state index contributed by atoms with van der Waals surface area (Å²) in [6, 6.07) is 10.5. The van der Waals surface area contributed by atoms with E-state index < -0.39 is 17.7 Å². The normalized spacial score (nSPS) is 12.5. The standard InChI is InChI=1S/C18H21NO4/c1-18(2,3)23-17(21)19-14(11-20)16-13-8-6-5-7-12(13)9-10-15(16)22-4/h5-11,14H,1-4H3,(H,19,21). The predicted octanol–water partition coefficient (Wildman–Crippen LogP) is 3.61. The molecule has 2 aromatic carbocycles. The number of carbonyl (C=O) groups is 2. The molecule has 0 aromatic heterocycles. The second-order valence-electron chi connectivity index (χ2n) is 6.16. The quantitative estimate of drug-likeness (QED) is 0.875. The number of aldehydes is 1. The van der Waals surface area contributed by atoms with Gasteiger partial charge in [-0.15, -0.1) is 0 Å². The summed E-state index contributed by atoms with van der Waals surface area (Å²) in [5.41, 5.74) is -0.0214. The first-order chi connectivity index (χ1) is 10.9. The molecule has 0 aliphatic rings. The second kappa shape index (κ2) is 6.69. The number of hydrogen-bond acceptors (Lipinski definition) is 4. The molecule has 0 fully saturated rings. The molecule has 0 aliphatic carbocycles. The van der Waals surface area contributed by atoms with E-state index >= 15 is 0 Å². The minimum Gasteiger partial charge on any atom is -0.496 e. The number of rotatable bonds is 4. The van der Waals surface area contributed by atoms with Crippen LogP contribution in [0.4, 0.5) is 4.79 Å². The number of carbonyl (C=O) groups excluding carboxylic acids is 2. The number of hydrogen-bond donors (Lipinski definition) is 1. The van der Waals surface area contributed by atoms with Crippen molar-refractivity contribution >= 4 is 23.2 Å². The summed E-state index contributed by atoms with van der Waals surface area (Å²) in [6.07, 6.45) is 0.0263. The van der Waals surface area contributed by atoms with Gasteiger partial charge in [-0.05, 0) is 37.6 Å². The van der Waals surface area contributed by atoms with Crippen molar-refractivity contribution in [3.8, 4) is 5.75 Å². The molecule has 0 saturated heterocycles. The molecule has 23 heavy (non-hydrogen) atoms. The van der Waals surface area contributed by atoms with E-state index in [1.54, 1.807) is 26.8 Å². The highest BCUT2D eigenvalue weighted by Gasteiger charge is 2.24. The molecule has 0 heterocycles. The highest BCUT2D eigenvalue weighted by molar-refractivity contribution is 5.91. The first kappa shape index (κ1) is 16.8. The molecule has 1 unspecified atom stereocenters. The summed E-state index contributed by atoms with van der Waals surface area (Å²) in [5, 5.41) is 4.40. The van der Waals surface area contributed by atoms with Crippen LogP contribution in [0, 0.1) is 0 Å². The fourth-order valence-electron chi connectivity index (χ4n) is 2.38. The molecule has 1 amide bonds. The maximum absolute atomic E-state index is 12.0. The smallest absolute Gasteiger partial charge is 0.408 e. The van der Waals surface area contributed by atoms with Crippen LogP contribution in [0.5, 0.6) is 5.75 Å². The lowest BCUT2D eigenvalue weighted by Gasteiger charge is -2.23. The van der Waals surface area contributed by atoms with Crippen molar-refractivity contribution in [1.82, 2.24) is 5.32 Å². The van der Waals surface area contributed by atoms with Gasteiger partial charge in [-0.2, -0.15) is 0 Å². The number of fused-ring (bicyclic) bond motifs is 1. The number of amides is 1. The van der Waals surface area contributed by atoms with Crippen molar-refractivity contribution < 1.29 is 19.1 Å². The number of methoxy groups -OCH3 is 1. The lowest BCUT2D eigenvalue weighted by atomic mass is 9.98. The van der Waals surface area contributed by atoms with Crippen molar-refractivity contribution in [3.05, 3.63) is 42.0 Å². The average molecular weight is 315 g/mol. The third-order valence-electron chi connectivity index (χ3n) is 3.27. The zero-order valence-corrected chi connectivity index (χ0v) is 13.8. The number of benzene rings is 2. The molecule has 5 nitrogen and oxygen atoms in total. The number of nitrogens with one attached hydrogen (secondary N) is 1. The third-order valence-corrected chi connectivity index (χ3v) is 3.27. The van der Waals surface area contributed by atoms with Gasteiger partial charge in [-0.3, -0.25) is 0 Å². The topological polar surface area (TPSA) is 64.6 Å². The fourth-order valence-corrected chi connectivity index (χ4v) is 2.38. The van der Waals surface area contributed by atoms with Crippen LogP contribution < -0.4 is 10.1 Å². The Morgan fingerprint density at radius 3 is 2.48 bits per heavy atom. The summed E-state index contributed by atoms with van der Waals surface area (Å²) >= 11 is 0. The summed E-state index contributed by atoms with van der Waals surface area (Å²) in [5.74, 6) is 0.539. The molecule has 0 bridgehead atoms. The van der Waals surface area contributed by atoms with Gasteiger partial charge in [0, 0.05) is 5.56 Å². The van der Waals surface area contributed by atoms with Crippen LogP contribution in [0.3, 0.4) is 0 Å². The highest BCUT2D eigenvalue weighted by atomic mass is 16.6. The van der Waals surface area contributed by atoms with Crippen LogP contribution in [0.25, 0.3) is 10.8 Å². The van der Waals surface area contributed by atoms with Gasteiger partial charge in [0.05, 0.1) is 7.11 Å². The van der Waals surface area contributed by atoms with Gasteiger partial charge >= 0.3 is 6.09 Å². The van der Waals surface area contributed by atoms with Crippen LogP contribution in [0.1, 0.15) is 32.4 Å². The molecule has 1 atom stereocenters. The van der Waals surface area contributed by atoms with Crippen molar-refractivity contribution in [1.29, 1.82) is 0 Å². The SMILES string of the molecule is COc1ccc2ccccc2c1C(C=O)NC(=O)OC(C)(C)C. The molecule has 2 rings (SSSR count). The van der Waals surface area contributed by atoms with E-state index in [1.165, 1.54) is 7.11 Å². The zero-order valence-electron chi connectivity index (χ0n) is 13.8. The first-order valence-electron chi connectivity index (χ1n) is 7.36. The van der Waals surface area contributed by atoms with Gasteiger partial charge in [0.2, 0.25) is 0 Å². The van der Waals surface area contributed by atoms with Gasteiger partial charge in [0.1, 0.15) is 23.7 Å². The minimum absolute atomic E-state index is 0.539. The Labute approximate surface area is 135 Å². The minimum atomic E-state index is -0.856. The molecular formula is C18H21NO4. The zero-order chi connectivity index (χ0) is 17.0. The van der Waals surface area contributed by atoms with Gasteiger partial charge in [0.15, 0.2) is 0 Å². The molecule has 0 aliphatic heterocycles. The summed E-state index contributed by atoms with van der Waals surface area (Å²) in [7, 11) is 1.53. The molecule has 0 spiro atoms. The molecule has 0 saturated carbocycles. The maximum Gasteiger partial charge on any atom is 0.408 e. The van der Waals surface area contributed by atoms with Crippen molar-refractivity contribution in [2.24, 2.45) is 0 Å². The van der Waals surface area contributed by atoms with Crippen LogP contribution in [-0.2, 0) is 9.53 Å². The van der Waals surface area contributed by atoms with Crippen LogP contribution in [-0.4, -0.2) is 25.1 Å². The molecule has 0 radical (unpaired) electrons. The summed E-state index contributed by atoms with van der Waals surface area (Å²) < 4.78 is 10.6. The Kier molecular flexibility index (Phi) is 4.89. The highest BCUT2D eigenvalue weighted by Crippen LogP contribution is 2.32. The first-order valence-corrected chi connectivity index (χ1v) is 7.36. The van der Waals surface area contributed by atoms with Crippen molar-refractivity contribution in [2.75, 3.05) is 7.11 Å². The lowest BCUT2D eigenvalue weighted by Crippen LogP contribution is -2.35. The second-order valence-corrected chi connectivity index (χ2v) is 6.16. The number of alkyl carbamates (subject to hydrolysis) is 1. The largest absolute Gasteiger partial charge is 0.496 e. The van der Waals surface area contributed by atoms with Crippen LogP contribution in [0.2, 0.25) is 0 Å². The maximum atomic E-state index is 12.0. The van der Waals surface area contributed by atoms with E-state index in [0.717, 1.165) is 10.8 Å². The third kappa shape index (κ3) is 4.00. The summed E-state index contributed by atoms with van der Waals surface area (Å²) in [4.78, 5) is 23.6. The Bertz CT molecular complexity index is 719. The van der Waals surface area contributed by atoms with Gasteiger partial charge in [-0.25, -0.2) is 4.79 Å². The van der Waals surface area contributed by atoms with Gasteiger partial charge in [0.25, 0.3) is 0 Å². The van der Waals surface area contributed by atoms with E-state index in [-0.39, 0.29) is 0 Å². The fraction of sp³-hybridized carbons (Fsp3) is 0.333. The molecule has 2 aromatic rings. The van der Waals surface area contributed by atoms with E-state index in [2.05, 4.69) is 5.32 Å². The Morgan fingerprint density at radius 2 is 1.87 bits per heavy atom. The van der Waals surface area contributed by atoms with Gasteiger partial charge < -0.3 is 19.6 Å².